The zero-order valence-electron chi connectivity index (χ0n) is 10.7. The van der Waals surface area contributed by atoms with Gasteiger partial charge in [-0.25, -0.2) is 0 Å². The number of aryl methyl sites for hydroxylation is 1. The lowest BCUT2D eigenvalue weighted by Gasteiger charge is -2.41. The van der Waals surface area contributed by atoms with Crippen LogP contribution >= 0.6 is 0 Å². The second-order valence-corrected chi connectivity index (χ2v) is 4.66. The van der Waals surface area contributed by atoms with E-state index in [1.165, 1.54) is 0 Å². The van der Waals surface area contributed by atoms with E-state index in [2.05, 4.69) is 15.5 Å². The summed E-state index contributed by atoms with van der Waals surface area (Å²) < 4.78 is 16.9. The Morgan fingerprint density at radius 2 is 1.88 bits per heavy atom. The lowest BCUT2D eigenvalue weighted by molar-refractivity contribution is -0.275. The summed E-state index contributed by atoms with van der Waals surface area (Å²) in [7, 11) is 1.83. The van der Waals surface area contributed by atoms with Gasteiger partial charge in [0.2, 0.25) is 11.8 Å². The third-order valence-electron chi connectivity index (χ3n) is 2.99. The van der Waals surface area contributed by atoms with E-state index < -0.39 is 11.3 Å². The van der Waals surface area contributed by atoms with E-state index in [9.17, 15) is 0 Å². The minimum atomic E-state index is -0.562. The largest absolute Gasteiger partial charge is 0.423 e. The number of nitrogens with zero attached hydrogens (tertiary/aromatic N) is 2. The normalized spacial score (nSPS) is 22.6. The highest BCUT2D eigenvalue weighted by Crippen LogP contribution is 2.30. The zero-order chi connectivity index (χ0) is 12.5. The molecule has 1 aliphatic heterocycles. The van der Waals surface area contributed by atoms with Crippen LogP contribution in [0.4, 0.5) is 0 Å². The van der Waals surface area contributed by atoms with Crippen LogP contribution in [0.2, 0.25) is 0 Å². The number of hydrogen-bond donors (Lipinski definition) is 1. The fourth-order valence-electron chi connectivity index (χ4n) is 1.64. The lowest BCUT2D eigenvalue weighted by Crippen LogP contribution is -2.56. The van der Waals surface area contributed by atoms with Gasteiger partial charge in [-0.15, -0.1) is 10.2 Å². The molecule has 0 atom stereocenters. The van der Waals surface area contributed by atoms with Crippen molar-refractivity contribution in [3.8, 4) is 0 Å². The highest BCUT2D eigenvalue weighted by Gasteiger charge is 2.44. The van der Waals surface area contributed by atoms with E-state index in [1.807, 2.05) is 27.8 Å². The molecule has 1 aromatic heterocycles. The molecule has 0 amide bonds. The molecular formula is C11H19N3O3. The fourth-order valence-corrected chi connectivity index (χ4v) is 1.64. The summed E-state index contributed by atoms with van der Waals surface area (Å²) in [6.07, 6.45) is 0.722. The molecule has 2 heterocycles. The van der Waals surface area contributed by atoms with Crippen LogP contribution in [0.15, 0.2) is 4.42 Å². The summed E-state index contributed by atoms with van der Waals surface area (Å²) in [6.45, 7) is 6.64. The zero-order valence-corrected chi connectivity index (χ0v) is 10.7. The Hall–Kier alpha value is -0.980. The molecule has 0 radical (unpaired) electrons. The van der Waals surface area contributed by atoms with Crippen LogP contribution in [0.5, 0.6) is 0 Å². The molecule has 0 saturated carbocycles. The van der Waals surface area contributed by atoms with Gasteiger partial charge in [-0.2, -0.15) is 0 Å². The van der Waals surface area contributed by atoms with Gasteiger partial charge in [0.1, 0.15) is 5.54 Å². The van der Waals surface area contributed by atoms with Crippen LogP contribution in [-0.2, 0) is 21.4 Å². The van der Waals surface area contributed by atoms with E-state index in [0.717, 1.165) is 6.42 Å². The van der Waals surface area contributed by atoms with Crippen molar-refractivity contribution in [2.24, 2.45) is 0 Å². The first-order chi connectivity index (χ1) is 8.01. The number of hydrogen-bond acceptors (Lipinski definition) is 6. The van der Waals surface area contributed by atoms with Crippen LogP contribution in [0, 0.1) is 0 Å². The average molecular weight is 241 g/mol. The second kappa shape index (κ2) is 4.36. The topological polar surface area (TPSA) is 69.4 Å². The maximum absolute atomic E-state index is 5.66. The van der Waals surface area contributed by atoms with Gasteiger partial charge in [0.05, 0.1) is 13.2 Å². The SMILES string of the molecule is CCc1nnc(C2(NC)COC(C)(C)OC2)o1. The summed E-state index contributed by atoms with van der Waals surface area (Å²) in [5.74, 6) is 0.584. The second-order valence-electron chi connectivity index (χ2n) is 4.66. The van der Waals surface area contributed by atoms with E-state index in [0.29, 0.717) is 25.0 Å². The Bertz CT molecular complexity index is 379. The Kier molecular flexibility index (Phi) is 3.20. The van der Waals surface area contributed by atoms with Gasteiger partial charge >= 0.3 is 0 Å². The van der Waals surface area contributed by atoms with Crippen LogP contribution < -0.4 is 5.32 Å². The van der Waals surface area contributed by atoms with Crippen molar-refractivity contribution in [3.63, 3.8) is 0 Å². The van der Waals surface area contributed by atoms with E-state index in [-0.39, 0.29) is 0 Å². The van der Waals surface area contributed by atoms with Gasteiger partial charge in [0.25, 0.3) is 0 Å². The van der Waals surface area contributed by atoms with Crippen molar-refractivity contribution in [3.05, 3.63) is 11.8 Å². The summed E-state index contributed by atoms with van der Waals surface area (Å²) in [5.41, 5.74) is -0.546. The van der Waals surface area contributed by atoms with Crippen LogP contribution in [-0.4, -0.2) is 36.2 Å². The molecule has 0 bridgehead atoms. The van der Waals surface area contributed by atoms with Gasteiger partial charge in [-0.1, -0.05) is 6.92 Å². The summed E-state index contributed by atoms with van der Waals surface area (Å²) in [5, 5.41) is 11.2. The summed E-state index contributed by atoms with van der Waals surface area (Å²) >= 11 is 0. The smallest absolute Gasteiger partial charge is 0.241 e. The number of aromatic nitrogens is 2. The quantitative estimate of drug-likeness (QED) is 0.845. The minimum Gasteiger partial charge on any atom is -0.423 e. The van der Waals surface area contributed by atoms with Crippen molar-refractivity contribution in [1.82, 2.24) is 15.5 Å². The molecule has 1 aliphatic rings. The molecular weight excluding hydrogens is 222 g/mol. The molecule has 0 spiro atoms. The van der Waals surface area contributed by atoms with Crippen molar-refractivity contribution in [1.29, 1.82) is 0 Å². The predicted molar refractivity (Wildman–Crippen MR) is 60.4 cm³/mol. The van der Waals surface area contributed by atoms with Crippen LogP contribution in [0.1, 0.15) is 32.6 Å². The number of rotatable bonds is 3. The lowest BCUT2D eigenvalue weighted by atomic mass is 10.0. The molecule has 96 valence electrons. The van der Waals surface area contributed by atoms with Gasteiger partial charge < -0.3 is 19.2 Å². The summed E-state index contributed by atoms with van der Waals surface area (Å²) in [4.78, 5) is 0. The molecule has 1 fully saturated rings. The molecule has 1 N–H and O–H groups in total. The molecule has 1 saturated heterocycles. The third kappa shape index (κ3) is 2.34. The first-order valence-electron chi connectivity index (χ1n) is 5.81. The standard InChI is InChI=1S/C11H19N3O3/c1-5-8-13-14-9(17-8)11(12-4)6-15-10(2,3)16-7-11/h12H,5-7H2,1-4H3. The molecule has 6 nitrogen and oxygen atoms in total. The predicted octanol–water partition coefficient (Wildman–Crippen LogP) is 0.830. The molecule has 6 heteroatoms. The summed E-state index contributed by atoms with van der Waals surface area (Å²) in [6, 6.07) is 0. The minimum absolute atomic E-state index is 0.446. The maximum Gasteiger partial charge on any atom is 0.241 e. The average Bonchev–Trinajstić information content (AvgIpc) is 2.79. The van der Waals surface area contributed by atoms with Crippen molar-refractivity contribution in [2.75, 3.05) is 20.3 Å². The maximum atomic E-state index is 5.66. The van der Waals surface area contributed by atoms with Gasteiger partial charge in [0.15, 0.2) is 5.79 Å². The van der Waals surface area contributed by atoms with Crippen molar-refractivity contribution in [2.45, 2.75) is 38.5 Å². The number of nitrogens with one attached hydrogen (secondary N) is 1. The third-order valence-corrected chi connectivity index (χ3v) is 2.99. The van der Waals surface area contributed by atoms with Gasteiger partial charge in [0, 0.05) is 6.42 Å². The Balaban J connectivity index is 2.21. The van der Waals surface area contributed by atoms with Crippen molar-refractivity contribution >= 4 is 0 Å². The van der Waals surface area contributed by atoms with E-state index >= 15 is 0 Å². The fraction of sp³-hybridized carbons (Fsp3) is 0.818. The molecule has 2 rings (SSSR count). The van der Waals surface area contributed by atoms with Crippen LogP contribution in [0.25, 0.3) is 0 Å². The van der Waals surface area contributed by atoms with Crippen LogP contribution in [0.3, 0.4) is 0 Å². The Morgan fingerprint density at radius 1 is 1.24 bits per heavy atom. The Morgan fingerprint density at radius 3 is 2.35 bits per heavy atom. The van der Waals surface area contributed by atoms with Crippen molar-refractivity contribution < 1.29 is 13.9 Å². The first-order valence-corrected chi connectivity index (χ1v) is 5.81. The molecule has 1 aromatic rings. The highest BCUT2D eigenvalue weighted by molar-refractivity contribution is 5.04. The molecule has 0 aromatic carbocycles. The van der Waals surface area contributed by atoms with Gasteiger partial charge in [-0.3, -0.25) is 0 Å². The van der Waals surface area contributed by atoms with E-state index in [1.54, 1.807) is 0 Å². The first kappa shape index (κ1) is 12.5. The molecule has 0 unspecified atom stereocenters. The molecule has 0 aliphatic carbocycles. The van der Waals surface area contributed by atoms with Gasteiger partial charge in [-0.05, 0) is 20.9 Å². The number of likely N-dealkylation sites (N-methyl/N-ethyl adjacent to an activating group) is 1. The number of ether oxygens (including phenoxy) is 2. The van der Waals surface area contributed by atoms with E-state index in [4.69, 9.17) is 13.9 Å². The monoisotopic (exact) mass is 241 g/mol. The Labute approximate surface area is 101 Å². The molecule has 17 heavy (non-hydrogen) atoms. The highest BCUT2D eigenvalue weighted by atomic mass is 16.7.